The van der Waals surface area contributed by atoms with Gasteiger partial charge < -0.3 is 10.6 Å². The average molecular weight is 356 g/mol. The fourth-order valence-corrected chi connectivity index (χ4v) is 2.07. The lowest BCUT2D eigenvalue weighted by Crippen LogP contribution is -2.16. The van der Waals surface area contributed by atoms with E-state index in [1.54, 1.807) is 30.5 Å². The Hall–Kier alpha value is -1.66. The van der Waals surface area contributed by atoms with Crippen LogP contribution in [0.2, 0.25) is 5.02 Å². The van der Waals surface area contributed by atoms with Crippen LogP contribution in [0.1, 0.15) is 17.4 Å². The zero-order valence-electron chi connectivity index (χ0n) is 10.7. The van der Waals surface area contributed by atoms with Crippen molar-refractivity contribution < 1.29 is 4.79 Å². The van der Waals surface area contributed by atoms with Gasteiger partial charge in [-0.05, 0) is 47.1 Å². The standard InChI is InChI=1S/C13H12BrClN4O/c1-2-16-10-6-5-9(15)11(18-10)13(20)19-12-8(14)4-3-7-17-12/h3-7H,2H2,1H3,(H,16,18)(H,17,19,20). The lowest BCUT2D eigenvalue weighted by atomic mass is 10.3. The maximum atomic E-state index is 12.2. The molecule has 20 heavy (non-hydrogen) atoms. The van der Waals surface area contributed by atoms with Crippen molar-refractivity contribution in [1.82, 2.24) is 9.97 Å². The lowest BCUT2D eigenvalue weighted by molar-refractivity contribution is 0.102. The fraction of sp³-hybridized carbons (Fsp3) is 0.154. The molecule has 0 radical (unpaired) electrons. The molecule has 1 amide bonds. The first-order chi connectivity index (χ1) is 9.61. The first-order valence-corrected chi connectivity index (χ1v) is 7.11. The number of carbonyl (C=O) groups is 1. The Morgan fingerprint density at radius 3 is 2.90 bits per heavy atom. The molecule has 104 valence electrons. The van der Waals surface area contributed by atoms with Crippen molar-refractivity contribution in [3.05, 3.63) is 45.7 Å². The van der Waals surface area contributed by atoms with Crippen molar-refractivity contribution in [1.29, 1.82) is 0 Å². The van der Waals surface area contributed by atoms with Gasteiger partial charge in [-0.1, -0.05) is 11.6 Å². The number of nitrogens with zero attached hydrogens (tertiary/aromatic N) is 2. The van der Waals surface area contributed by atoms with Gasteiger partial charge in [-0.25, -0.2) is 9.97 Å². The molecule has 0 aliphatic carbocycles. The summed E-state index contributed by atoms with van der Waals surface area (Å²) in [5.41, 5.74) is 0.155. The maximum Gasteiger partial charge on any atom is 0.277 e. The van der Waals surface area contributed by atoms with E-state index in [0.29, 0.717) is 22.7 Å². The number of hydrogen-bond donors (Lipinski definition) is 2. The molecule has 0 saturated heterocycles. The maximum absolute atomic E-state index is 12.2. The van der Waals surface area contributed by atoms with Crippen molar-refractivity contribution in [3.63, 3.8) is 0 Å². The fourth-order valence-electron chi connectivity index (χ4n) is 1.53. The molecule has 5 nitrogen and oxygen atoms in total. The first kappa shape index (κ1) is 14.7. The Morgan fingerprint density at radius 1 is 1.40 bits per heavy atom. The van der Waals surface area contributed by atoms with Crippen LogP contribution in [-0.2, 0) is 0 Å². The molecule has 2 rings (SSSR count). The predicted molar refractivity (Wildman–Crippen MR) is 83.3 cm³/mol. The number of anilines is 2. The quantitative estimate of drug-likeness (QED) is 0.880. The highest BCUT2D eigenvalue weighted by molar-refractivity contribution is 9.10. The summed E-state index contributed by atoms with van der Waals surface area (Å²) < 4.78 is 0.687. The summed E-state index contributed by atoms with van der Waals surface area (Å²) in [4.78, 5) is 20.5. The zero-order valence-corrected chi connectivity index (χ0v) is 13.0. The van der Waals surface area contributed by atoms with E-state index in [9.17, 15) is 4.79 Å². The molecule has 0 fully saturated rings. The number of amides is 1. The summed E-state index contributed by atoms with van der Waals surface area (Å²) in [6, 6.07) is 6.90. The van der Waals surface area contributed by atoms with Gasteiger partial charge in [0.1, 0.15) is 17.3 Å². The van der Waals surface area contributed by atoms with Gasteiger partial charge in [0.2, 0.25) is 0 Å². The van der Waals surface area contributed by atoms with Crippen LogP contribution in [0.15, 0.2) is 34.9 Å². The van der Waals surface area contributed by atoms with Crippen LogP contribution in [0.4, 0.5) is 11.6 Å². The summed E-state index contributed by atoms with van der Waals surface area (Å²) in [6.45, 7) is 2.66. The van der Waals surface area contributed by atoms with Crippen LogP contribution in [0.3, 0.4) is 0 Å². The first-order valence-electron chi connectivity index (χ1n) is 5.94. The second-order valence-electron chi connectivity index (χ2n) is 3.85. The molecule has 0 unspecified atom stereocenters. The van der Waals surface area contributed by atoms with Gasteiger partial charge in [0.25, 0.3) is 5.91 Å². The number of hydrogen-bond acceptors (Lipinski definition) is 4. The Bertz CT molecular complexity index is 636. The Labute approximate surface area is 129 Å². The summed E-state index contributed by atoms with van der Waals surface area (Å²) in [7, 11) is 0. The van der Waals surface area contributed by atoms with Gasteiger partial charge in [-0.15, -0.1) is 0 Å². The molecule has 0 atom stereocenters. The van der Waals surface area contributed by atoms with Gasteiger partial charge in [0.15, 0.2) is 0 Å². The van der Waals surface area contributed by atoms with Gasteiger partial charge in [-0.2, -0.15) is 0 Å². The molecule has 0 aliphatic rings. The Kier molecular flexibility index (Phi) is 4.92. The number of carbonyl (C=O) groups excluding carboxylic acids is 1. The van der Waals surface area contributed by atoms with Crippen LogP contribution in [0.25, 0.3) is 0 Å². The molecule has 2 aromatic rings. The minimum Gasteiger partial charge on any atom is -0.370 e. The highest BCUT2D eigenvalue weighted by Gasteiger charge is 2.15. The van der Waals surface area contributed by atoms with Crippen LogP contribution in [-0.4, -0.2) is 22.4 Å². The van der Waals surface area contributed by atoms with E-state index in [1.807, 2.05) is 6.92 Å². The summed E-state index contributed by atoms with van der Waals surface area (Å²) >= 11 is 9.33. The SMILES string of the molecule is CCNc1ccc(Cl)c(C(=O)Nc2ncccc2Br)n1. The highest BCUT2D eigenvalue weighted by atomic mass is 79.9. The summed E-state index contributed by atoms with van der Waals surface area (Å²) in [6.07, 6.45) is 1.59. The number of rotatable bonds is 4. The van der Waals surface area contributed by atoms with Gasteiger partial charge in [-0.3, -0.25) is 4.79 Å². The van der Waals surface area contributed by atoms with Crippen LogP contribution >= 0.6 is 27.5 Å². The summed E-state index contributed by atoms with van der Waals surface area (Å²) in [5, 5.41) is 5.98. The van der Waals surface area contributed by atoms with E-state index in [0.717, 1.165) is 0 Å². The largest absolute Gasteiger partial charge is 0.370 e. The van der Waals surface area contributed by atoms with E-state index in [-0.39, 0.29) is 10.7 Å². The molecule has 0 saturated carbocycles. The smallest absolute Gasteiger partial charge is 0.277 e. The number of halogens is 2. The zero-order chi connectivity index (χ0) is 14.5. The number of pyridine rings is 2. The van der Waals surface area contributed by atoms with Crippen molar-refractivity contribution in [2.75, 3.05) is 17.2 Å². The van der Waals surface area contributed by atoms with E-state index >= 15 is 0 Å². The monoisotopic (exact) mass is 354 g/mol. The van der Waals surface area contributed by atoms with Crippen LogP contribution in [0.5, 0.6) is 0 Å². The second-order valence-corrected chi connectivity index (χ2v) is 5.11. The van der Waals surface area contributed by atoms with E-state index in [1.165, 1.54) is 0 Å². The van der Waals surface area contributed by atoms with Crippen LogP contribution in [0, 0.1) is 0 Å². The number of nitrogens with one attached hydrogen (secondary N) is 2. The third kappa shape index (κ3) is 3.46. The van der Waals surface area contributed by atoms with Crippen molar-refractivity contribution in [2.24, 2.45) is 0 Å². The molecule has 7 heteroatoms. The molecule has 0 bridgehead atoms. The molecule has 2 N–H and O–H groups in total. The molecule has 0 aliphatic heterocycles. The third-order valence-electron chi connectivity index (χ3n) is 2.41. The predicted octanol–water partition coefficient (Wildman–Crippen LogP) is 3.58. The minimum absolute atomic E-state index is 0.155. The van der Waals surface area contributed by atoms with Crippen molar-refractivity contribution in [2.45, 2.75) is 6.92 Å². The third-order valence-corrected chi connectivity index (χ3v) is 3.35. The normalized spacial score (nSPS) is 10.2. The molecule has 0 aromatic carbocycles. The Balaban J connectivity index is 2.25. The number of aromatic nitrogens is 2. The van der Waals surface area contributed by atoms with Crippen molar-refractivity contribution in [3.8, 4) is 0 Å². The van der Waals surface area contributed by atoms with Crippen molar-refractivity contribution >= 4 is 45.1 Å². The van der Waals surface area contributed by atoms with Gasteiger partial charge >= 0.3 is 0 Å². The van der Waals surface area contributed by atoms with E-state index < -0.39 is 5.91 Å². The Morgan fingerprint density at radius 2 is 2.20 bits per heavy atom. The molecular formula is C13H12BrClN4O. The van der Waals surface area contributed by atoms with E-state index in [2.05, 4.69) is 36.5 Å². The topological polar surface area (TPSA) is 66.9 Å². The molecule has 2 heterocycles. The van der Waals surface area contributed by atoms with E-state index in [4.69, 9.17) is 11.6 Å². The van der Waals surface area contributed by atoms with Crippen LogP contribution < -0.4 is 10.6 Å². The molecule has 0 spiro atoms. The average Bonchev–Trinajstić information content (AvgIpc) is 2.43. The highest BCUT2D eigenvalue weighted by Crippen LogP contribution is 2.21. The molecular weight excluding hydrogens is 344 g/mol. The minimum atomic E-state index is -0.408. The summed E-state index contributed by atoms with van der Waals surface area (Å²) in [5.74, 6) is 0.612. The van der Waals surface area contributed by atoms with Gasteiger partial charge in [0.05, 0.1) is 9.50 Å². The lowest BCUT2D eigenvalue weighted by Gasteiger charge is -2.09. The second kappa shape index (κ2) is 6.67. The van der Waals surface area contributed by atoms with Gasteiger partial charge in [0, 0.05) is 12.7 Å². The molecule has 2 aromatic heterocycles.